The Morgan fingerprint density at radius 2 is 2.20 bits per heavy atom. The molecule has 1 fully saturated rings. The molecule has 3 nitrogen and oxygen atoms in total. The molecule has 2 N–H and O–H groups in total. The summed E-state index contributed by atoms with van der Waals surface area (Å²) in [5, 5.41) is 13.3. The average Bonchev–Trinajstić information content (AvgIpc) is 3.17. The Morgan fingerprint density at radius 1 is 1.40 bits per heavy atom. The second kappa shape index (κ2) is 7.09. The first-order chi connectivity index (χ1) is 9.63. The number of aliphatic hydroxyl groups excluding tert-OH is 1. The van der Waals surface area contributed by atoms with Gasteiger partial charge in [0.2, 0.25) is 0 Å². The van der Waals surface area contributed by atoms with Crippen LogP contribution in [0.1, 0.15) is 38.2 Å². The number of hydrogen-bond donors (Lipinski definition) is 2. The molecular formula is C17H27NO2. The normalized spacial score (nSPS) is 17.8. The van der Waals surface area contributed by atoms with Gasteiger partial charge in [0.1, 0.15) is 18.5 Å². The Bertz CT molecular complexity index is 415. The van der Waals surface area contributed by atoms with E-state index in [0.717, 1.165) is 12.3 Å². The molecule has 0 bridgehead atoms. The molecule has 0 aromatic heterocycles. The Morgan fingerprint density at radius 3 is 2.85 bits per heavy atom. The van der Waals surface area contributed by atoms with E-state index in [1.165, 1.54) is 31.2 Å². The Balaban J connectivity index is 1.62. The first-order valence-electron chi connectivity index (χ1n) is 7.72. The molecule has 1 aliphatic rings. The largest absolute Gasteiger partial charge is 0.491 e. The van der Waals surface area contributed by atoms with E-state index in [-0.39, 0.29) is 0 Å². The second-order valence-electron chi connectivity index (χ2n) is 6.16. The lowest BCUT2D eigenvalue weighted by atomic mass is 10.0. The molecule has 1 saturated carbocycles. The van der Waals surface area contributed by atoms with E-state index in [4.69, 9.17) is 4.74 Å². The van der Waals surface area contributed by atoms with Crippen LogP contribution >= 0.6 is 0 Å². The van der Waals surface area contributed by atoms with Crippen molar-refractivity contribution in [3.05, 3.63) is 29.8 Å². The molecule has 0 amide bonds. The highest BCUT2D eigenvalue weighted by atomic mass is 16.5. The van der Waals surface area contributed by atoms with Crippen LogP contribution in [0.3, 0.4) is 0 Å². The van der Waals surface area contributed by atoms with E-state index >= 15 is 0 Å². The van der Waals surface area contributed by atoms with Crippen molar-refractivity contribution in [3.63, 3.8) is 0 Å². The first-order valence-corrected chi connectivity index (χ1v) is 7.72. The van der Waals surface area contributed by atoms with Gasteiger partial charge in [-0.25, -0.2) is 0 Å². The van der Waals surface area contributed by atoms with Gasteiger partial charge < -0.3 is 15.2 Å². The van der Waals surface area contributed by atoms with Crippen LogP contribution in [0.2, 0.25) is 0 Å². The lowest BCUT2D eigenvalue weighted by Gasteiger charge is -2.17. The molecular weight excluding hydrogens is 250 g/mol. The first kappa shape index (κ1) is 15.3. The fourth-order valence-electron chi connectivity index (χ4n) is 2.68. The Kier molecular flexibility index (Phi) is 5.44. The number of aryl methyl sites for hydroxylation is 1. The zero-order valence-electron chi connectivity index (χ0n) is 12.7. The maximum Gasteiger partial charge on any atom is 0.119 e. The lowest BCUT2D eigenvalue weighted by molar-refractivity contribution is 0.105. The van der Waals surface area contributed by atoms with Crippen LogP contribution in [-0.2, 0) is 0 Å². The van der Waals surface area contributed by atoms with Crippen LogP contribution in [0.4, 0.5) is 0 Å². The van der Waals surface area contributed by atoms with E-state index in [9.17, 15) is 5.11 Å². The third-order valence-electron chi connectivity index (χ3n) is 4.05. The fourth-order valence-corrected chi connectivity index (χ4v) is 2.68. The maximum absolute atomic E-state index is 9.94. The van der Waals surface area contributed by atoms with E-state index in [1.807, 2.05) is 31.2 Å². The summed E-state index contributed by atoms with van der Waals surface area (Å²) in [4.78, 5) is 0. The number of benzene rings is 1. The number of rotatable bonds is 9. The minimum absolute atomic E-state index is 0.344. The summed E-state index contributed by atoms with van der Waals surface area (Å²) in [5.74, 6) is 0.827. The van der Waals surface area contributed by atoms with Crippen molar-refractivity contribution in [2.24, 2.45) is 5.41 Å². The Labute approximate surface area is 122 Å². The van der Waals surface area contributed by atoms with Crippen molar-refractivity contribution in [1.29, 1.82) is 0 Å². The van der Waals surface area contributed by atoms with Gasteiger partial charge in [-0.05, 0) is 49.3 Å². The molecule has 1 unspecified atom stereocenters. The standard InChI is InChI=1S/C17H27NO2/c1-3-7-17(8-9-17)13-18-11-15(19)12-20-16-6-4-5-14(2)10-16/h4-6,10,15,18-19H,3,7-9,11-13H2,1-2H3. The SMILES string of the molecule is CCCC1(CNCC(O)COc2cccc(C)c2)CC1. The van der Waals surface area contributed by atoms with Gasteiger partial charge in [0.15, 0.2) is 0 Å². The summed E-state index contributed by atoms with van der Waals surface area (Å²) in [6.07, 6.45) is 4.78. The van der Waals surface area contributed by atoms with Gasteiger partial charge in [0.05, 0.1) is 0 Å². The highest BCUT2D eigenvalue weighted by Gasteiger charge is 2.40. The highest BCUT2D eigenvalue weighted by Crippen LogP contribution is 2.48. The average molecular weight is 277 g/mol. The third-order valence-corrected chi connectivity index (χ3v) is 4.05. The van der Waals surface area contributed by atoms with Crippen LogP contribution in [0.15, 0.2) is 24.3 Å². The molecule has 0 radical (unpaired) electrons. The zero-order valence-corrected chi connectivity index (χ0v) is 12.7. The van der Waals surface area contributed by atoms with E-state index in [0.29, 0.717) is 18.6 Å². The fraction of sp³-hybridized carbons (Fsp3) is 0.647. The van der Waals surface area contributed by atoms with Crippen molar-refractivity contribution in [3.8, 4) is 5.75 Å². The molecule has 112 valence electrons. The predicted octanol–water partition coefficient (Wildman–Crippen LogP) is 2.90. The smallest absolute Gasteiger partial charge is 0.119 e. The molecule has 1 atom stereocenters. The van der Waals surface area contributed by atoms with E-state index in [1.54, 1.807) is 0 Å². The van der Waals surface area contributed by atoms with Crippen molar-refractivity contribution >= 4 is 0 Å². The van der Waals surface area contributed by atoms with Gasteiger partial charge in [-0.2, -0.15) is 0 Å². The van der Waals surface area contributed by atoms with E-state index in [2.05, 4.69) is 12.2 Å². The zero-order chi connectivity index (χ0) is 14.4. The summed E-state index contributed by atoms with van der Waals surface area (Å²) in [7, 11) is 0. The van der Waals surface area contributed by atoms with Gasteiger partial charge in [-0.3, -0.25) is 0 Å². The molecule has 2 rings (SSSR count). The van der Waals surface area contributed by atoms with Gasteiger partial charge in [0.25, 0.3) is 0 Å². The lowest BCUT2D eigenvalue weighted by Crippen LogP contribution is -2.34. The van der Waals surface area contributed by atoms with Crippen LogP contribution in [-0.4, -0.2) is 30.9 Å². The molecule has 1 aromatic carbocycles. The summed E-state index contributed by atoms with van der Waals surface area (Å²) in [5.41, 5.74) is 1.71. The second-order valence-corrected chi connectivity index (χ2v) is 6.16. The number of nitrogens with one attached hydrogen (secondary N) is 1. The maximum atomic E-state index is 9.94. The van der Waals surface area contributed by atoms with Gasteiger partial charge in [-0.15, -0.1) is 0 Å². The number of hydrogen-bond acceptors (Lipinski definition) is 3. The Hall–Kier alpha value is -1.06. The van der Waals surface area contributed by atoms with Crippen molar-refractivity contribution in [2.75, 3.05) is 19.7 Å². The van der Waals surface area contributed by atoms with Crippen LogP contribution in [0.5, 0.6) is 5.75 Å². The minimum atomic E-state index is -0.451. The highest BCUT2D eigenvalue weighted by molar-refractivity contribution is 5.27. The molecule has 0 aliphatic heterocycles. The molecule has 20 heavy (non-hydrogen) atoms. The molecule has 3 heteroatoms. The van der Waals surface area contributed by atoms with Crippen LogP contribution in [0.25, 0.3) is 0 Å². The van der Waals surface area contributed by atoms with Crippen LogP contribution in [0, 0.1) is 12.3 Å². The van der Waals surface area contributed by atoms with Gasteiger partial charge in [0, 0.05) is 13.1 Å². The summed E-state index contributed by atoms with van der Waals surface area (Å²) >= 11 is 0. The van der Waals surface area contributed by atoms with Crippen molar-refractivity contribution in [2.45, 2.75) is 45.6 Å². The molecule has 1 aromatic rings. The van der Waals surface area contributed by atoms with Gasteiger partial charge in [-0.1, -0.05) is 25.5 Å². The van der Waals surface area contributed by atoms with Gasteiger partial charge >= 0.3 is 0 Å². The summed E-state index contributed by atoms with van der Waals surface area (Å²) < 4.78 is 5.60. The van der Waals surface area contributed by atoms with Crippen molar-refractivity contribution in [1.82, 2.24) is 5.32 Å². The quantitative estimate of drug-likeness (QED) is 0.729. The monoisotopic (exact) mass is 277 g/mol. The van der Waals surface area contributed by atoms with Crippen molar-refractivity contribution < 1.29 is 9.84 Å². The molecule has 1 aliphatic carbocycles. The molecule has 0 saturated heterocycles. The number of aliphatic hydroxyl groups is 1. The minimum Gasteiger partial charge on any atom is -0.491 e. The molecule has 0 spiro atoms. The summed E-state index contributed by atoms with van der Waals surface area (Å²) in [6.45, 7) is 6.26. The topological polar surface area (TPSA) is 41.5 Å². The van der Waals surface area contributed by atoms with E-state index < -0.39 is 6.10 Å². The molecule has 0 heterocycles. The number of ether oxygens (including phenoxy) is 1. The third kappa shape index (κ3) is 4.80. The predicted molar refractivity (Wildman–Crippen MR) is 82.1 cm³/mol. The van der Waals surface area contributed by atoms with Crippen LogP contribution < -0.4 is 10.1 Å². The summed E-state index contributed by atoms with van der Waals surface area (Å²) in [6, 6.07) is 7.92.